The average molecular weight is 266 g/mol. The zero-order chi connectivity index (χ0) is 13.8. The number of aliphatic hydroxyl groups is 1. The number of nitrogens with zero attached hydrogens (tertiary/aromatic N) is 2. The van der Waals surface area contributed by atoms with E-state index in [4.69, 9.17) is 10.5 Å². The molecule has 19 heavy (non-hydrogen) atoms. The van der Waals surface area contributed by atoms with Crippen molar-refractivity contribution in [2.75, 3.05) is 17.6 Å². The first kappa shape index (κ1) is 13.9. The summed E-state index contributed by atoms with van der Waals surface area (Å²) in [5, 5.41) is 13.0. The van der Waals surface area contributed by atoms with E-state index in [0.29, 0.717) is 23.9 Å². The first-order chi connectivity index (χ1) is 9.08. The maximum absolute atomic E-state index is 9.78. The third-order valence-corrected chi connectivity index (χ3v) is 3.35. The monoisotopic (exact) mass is 266 g/mol. The van der Waals surface area contributed by atoms with Crippen molar-refractivity contribution in [3.8, 4) is 5.88 Å². The predicted molar refractivity (Wildman–Crippen MR) is 74.0 cm³/mol. The maximum Gasteiger partial charge on any atom is 0.242 e. The molecule has 2 atom stereocenters. The first-order valence-corrected chi connectivity index (χ1v) is 6.77. The first-order valence-electron chi connectivity index (χ1n) is 6.77. The van der Waals surface area contributed by atoms with E-state index in [9.17, 15) is 5.11 Å². The van der Waals surface area contributed by atoms with E-state index in [0.717, 1.165) is 19.3 Å². The summed E-state index contributed by atoms with van der Waals surface area (Å²) in [6.07, 6.45) is 4.22. The average Bonchev–Trinajstić information content (AvgIpc) is 2.76. The fourth-order valence-electron chi connectivity index (χ4n) is 2.32. The van der Waals surface area contributed by atoms with Crippen LogP contribution in [-0.2, 0) is 0 Å². The normalized spacial score (nSPS) is 22.7. The molecule has 1 aromatic heterocycles. The molecule has 1 aromatic rings. The molecular formula is C13H22N4O2. The van der Waals surface area contributed by atoms with Crippen LogP contribution >= 0.6 is 0 Å². The van der Waals surface area contributed by atoms with Gasteiger partial charge in [0.1, 0.15) is 12.0 Å². The number of aromatic nitrogens is 2. The number of nitrogen functional groups attached to an aromatic ring is 1. The fourth-order valence-corrected chi connectivity index (χ4v) is 2.32. The van der Waals surface area contributed by atoms with Crippen molar-refractivity contribution in [1.29, 1.82) is 0 Å². The van der Waals surface area contributed by atoms with Crippen LogP contribution in [0.25, 0.3) is 0 Å². The van der Waals surface area contributed by atoms with E-state index in [-0.39, 0.29) is 18.1 Å². The lowest BCUT2D eigenvalue weighted by Crippen LogP contribution is -2.23. The SMILES string of the molecule is CC(C)Oc1ncnc(NCC2CCCC2O)c1N. The van der Waals surface area contributed by atoms with Crippen molar-refractivity contribution in [3.05, 3.63) is 6.33 Å². The Morgan fingerprint density at radius 1 is 1.47 bits per heavy atom. The van der Waals surface area contributed by atoms with Gasteiger partial charge in [0.2, 0.25) is 5.88 Å². The van der Waals surface area contributed by atoms with Gasteiger partial charge in [-0.3, -0.25) is 0 Å². The van der Waals surface area contributed by atoms with E-state index in [2.05, 4.69) is 15.3 Å². The van der Waals surface area contributed by atoms with Crippen molar-refractivity contribution in [1.82, 2.24) is 9.97 Å². The van der Waals surface area contributed by atoms with Crippen molar-refractivity contribution >= 4 is 11.5 Å². The van der Waals surface area contributed by atoms with E-state index in [1.54, 1.807) is 0 Å². The number of nitrogens with one attached hydrogen (secondary N) is 1. The number of hydrogen-bond donors (Lipinski definition) is 3. The summed E-state index contributed by atoms with van der Waals surface area (Å²) in [5.41, 5.74) is 6.40. The molecule has 1 heterocycles. The predicted octanol–water partition coefficient (Wildman–Crippen LogP) is 1.42. The van der Waals surface area contributed by atoms with E-state index in [1.807, 2.05) is 13.8 Å². The molecule has 106 valence electrons. The van der Waals surface area contributed by atoms with E-state index < -0.39 is 0 Å². The lowest BCUT2D eigenvalue weighted by Gasteiger charge is -2.17. The Hall–Kier alpha value is -1.56. The van der Waals surface area contributed by atoms with Crippen molar-refractivity contribution in [2.45, 2.75) is 45.3 Å². The topological polar surface area (TPSA) is 93.3 Å². The molecule has 1 saturated carbocycles. The third kappa shape index (κ3) is 3.47. The zero-order valence-electron chi connectivity index (χ0n) is 11.5. The van der Waals surface area contributed by atoms with Gasteiger partial charge in [0.25, 0.3) is 0 Å². The van der Waals surface area contributed by atoms with Crippen molar-refractivity contribution < 1.29 is 9.84 Å². The van der Waals surface area contributed by atoms with Crippen LogP contribution in [0.2, 0.25) is 0 Å². The summed E-state index contributed by atoms with van der Waals surface area (Å²) in [4.78, 5) is 8.15. The highest BCUT2D eigenvalue weighted by molar-refractivity contribution is 5.66. The summed E-state index contributed by atoms with van der Waals surface area (Å²) in [6, 6.07) is 0. The van der Waals surface area contributed by atoms with Gasteiger partial charge in [-0.05, 0) is 26.7 Å². The summed E-state index contributed by atoms with van der Waals surface area (Å²) in [6.45, 7) is 4.51. The largest absolute Gasteiger partial charge is 0.473 e. The molecule has 2 rings (SSSR count). The van der Waals surface area contributed by atoms with Crippen LogP contribution in [0.4, 0.5) is 11.5 Å². The quantitative estimate of drug-likeness (QED) is 0.746. The highest BCUT2D eigenvalue weighted by Crippen LogP contribution is 2.28. The standard InChI is InChI=1S/C13H22N4O2/c1-8(2)19-13-11(14)12(16-7-17-13)15-6-9-4-3-5-10(9)18/h7-10,18H,3-6,14H2,1-2H3,(H,15,16,17). The van der Waals surface area contributed by atoms with Crippen molar-refractivity contribution in [3.63, 3.8) is 0 Å². The molecule has 0 radical (unpaired) electrons. The van der Waals surface area contributed by atoms with Crippen LogP contribution in [0.5, 0.6) is 5.88 Å². The van der Waals surface area contributed by atoms with Crippen LogP contribution < -0.4 is 15.8 Å². The summed E-state index contributed by atoms with van der Waals surface area (Å²) in [5.74, 6) is 1.24. The molecule has 1 aliphatic rings. The minimum Gasteiger partial charge on any atom is -0.473 e. The van der Waals surface area contributed by atoms with Crippen LogP contribution in [-0.4, -0.2) is 33.8 Å². The van der Waals surface area contributed by atoms with Gasteiger partial charge in [0, 0.05) is 12.5 Å². The summed E-state index contributed by atoms with van der Waals surface area (Å²) in [7, 11) is 0. The fraction of sp³-hybridized carbons (Fsp3) is 0.692. The van der Waals surface area contributed by atoms with Gasteiger partial charge in [-0.2, -0.15) is 4.98 Å². The molecule has 6 heteroatoms. The third-order valence-electron chi connectivity index (χ3n) is 3.35. The van der Waals surface area contributed by atoms with Gasteiger partial charge in [0.15, 0.2) is 5.82 Å². The molecule has 1 aliphatic carbocycles. The molecule has 0 aliphatic heterocycles. The van der Waals surface area contributed by atoms with Gasteiger partial charge in [-0.15, -0.1) is 0 Å². The van der Waals surface area contributed by atoms with E-state index in [1.165, 1.54) is 6.33 Å². The summed E-state index contributed by atoms with van der Waals surface area (Å²) >= 11 is 0. The van der Waals surface area contributed by atoms with Crippen LogP contribution in [0, 0.1) is 5.92 Å². The molecule has 1 fully saturated rings. The molecule has 0 aromatic carbocycles. The van der Waals surface area contributed by atoms with Gasteiger partial charge >= 0.3 is 0 Å². The number of anilines is 2. The van der Waals surface area contributed by atoms with Crippen LogP contribution in [0.3, 0.4) is 0 Å². The van der Waals surface area contributed by atoms with Gasteiger partial charge in [0.05, 0.1) is 12.2 Å². The van der Waals surface area contributed by atoms with Gasteiger partial charge < -0.3 is 20.9 Å². The molecule has 0 bridgehead atoms. The molecule has 0 spiro atoms. The number of nitrogens with two attached hydrogens (primary N) is 1. The second-order valence-electron chi connectivity index (χ2n) is 5.25. The highest BCUT2D eigenvalue weighted by atomic mass is 16.5. The molecule has 2 unspecified atom stereocenters. The Kier molecular flexibility index (Phi) is 4.42. The van der Waals surface area contributed by atoms with Gasteiger partial charge in [-0.1, -0.05) is 6.42 Å². The molecular weight excluding hydrogens is 244 g/mol. The number of aliphatic hydroxyl groups excluding tert-OH is 1. The Balaban J connectivity index is 2.00. The second-order valence-corrected chi connectivity index (χ2v) is 5.25. The minimum atomic E-state index is -0.220. The molecule has 4 N–H and O–H groups in total. The zero-order valence-corrected chi connectivity index (χ0v) is 11.5. The number of ether oxygens (including phenoxy) is 1. The van der Waals surface area contributed by atoms with Crippen molar-refractivity contribution in [2.24, 2.45) is 5.92 Å². The van der Waals surface area contributed by atoms with Gasteiger partial charge in [-0.25, -0.2) is 4.98 Å². The Bertz CT molecular complexity index is 425. The lowest BCUT2D eigenvalue weighted by molar-refractivity contribution is 0.138. The molecule has 0 amide bonds. The van der Waals surface area contributed by atoms with Crippen LogP contribution in [0.15, 0.2) is 6.33 Å². The maximum atomic E-state index is 9.78. The summed E-state index contributed by atoms with van der Waals surface area (Å²) < 4.78 is 5.51. The Morgan fingerprint density at radius 3 is 2.89 bits per heavy atom. The second kappa shape index (κ2) is 6.06. The number of rotatable bonds is 5. The number of hydrogen-bond acceptors (Lipinski definition) is 6. The minimum absolute atomic E-state index is 0.0155. The smallest absolute Gasteiger partial charge is 0.242 e. The van der Waals surface area contributed by atoms with Crippen LogP contribution in [0.1, 0.15) is 33.1 Å². The molecule has 6 nitrogen and oxygen atoms in total. The highest BCUT2D eigenvalue weighted by Gasteiger charge is 2.25. The van der Waals surface area contributed by atoms with E-state index >= 15 is 0 Å². The molecule has 0 saturated heterocycles. The lowest BCUT2D eigenvalue weighted by atomic mass is 10.1. The Morgan fingerprint density at radius 2 is 2.26 bits per heavy atom. The Labute approximate surface area is 113 Å².